The quantitative estimate of drug-likeness (QED) is 0.418. The average Bonchev–Trinajstić information content (AvgIpc) is 2.77. The van der Waals surface area contributed by atoms with Crippen molar-refractivity contribution in [1.29, 1.82) is 0 Å². The van der Waals surface area contributed by atoms with Gasteiger partial charge < -0.3 is 19.9 Å². The molecule has 2 heterocycles. The van der Waals surface area contributed by atoms with Crippen molar-refractivity contribution >= 4 is 33.5 Å². The molecule has 0 bridgehead atoms. The summed E-state index contributed by atoms with van der Waals surface area (Å²) in [5, 5.41) is 2.47. The summed E-state index contributed by atoms with van der Waals surface area (Å²) in [6.07, 6.45) is 1.70. The summed E-state index contributed by atoms with van der Waals surface area (Å²) in [5.41, 5.74) is 8.82. The summed E-state index contributed by atoms with van der Waals surface area (Å²) in [5.74, 6) is 1.14. The Morgan fingerprint density at radius 2 is 1.69 bits per heavy atom. The summed E-state index contributed by atoms with van der Waals surface area (Å²) in [6, 6.07) is 12.7. The molecule has 0 radical (unpaired) electrons. The molecule has 0 aliphatic carbocycles. The normalized spacial score (nSPS) is 10.9. The molecule has 4 rings (SSSR count). The van der Waals surface area contributed by atoms with Crippen LogP contribution in [0.3, 0.4) is 0 Å². The van der Waals surface area contributed by atoms with E-state index in [1.165, 1.54) is 7.11 Å². The second-order valence-corrected chi connectivity index (χ2v) is 6.41. The molecular formula is C22H19N3O4. The molecule has 0 saturated heterocycles. The number of nitrogens with zero attached hydrogens (tertiary/aromatic N) is 2. The highest BCUT2D eigenvalue weighted by atomic mass is 16.5. The maximum atomic E-state index is 11.9. The Kier molecular flexibility index (Phi) is 4.64. The highest BCUT2D eigenvalue weighted by Gasteiger charge is 2.14. The minimum atomic E-state index is -0.410. The van der Waals surface area contributed by atoms with Crippen LogP contribution in [-0.4, -0.2) is 37.3 Å². The van der Waals surface area contributed by atoms with E-state index in [0.29, 0.717) is 28.6 Å². The van der Waals surface area contributed by atoms with Crippen molar-refractivity contribution in [2.45, 2.75) is 0 Å². The first-order chi connectivity index (χ1) is 14.0. The lowest BCUT2D eigenvalue weighted by Crippen LogP contribution is -2.01. The summed E-state index contributed by atoms with van der Waals surface area (Å²) in [6.45, 7) is 0. The number of anilines is 1. The first-order valence-corrected chi connectivity index (χ1v) is 8.85. The molecule has 2 N–H and O–H groups in total. The van der Waals surface area contributed by atoms with Gasteiger partial charge in [-0.05, 0) is 29.7 Å². The van der Waals surface area contributed by atoms with Crippen molar-refractivity contribution in [3.05, 3.63) is 54.2 Å². The van der Waals surface area contributed by atoms with Crippen LogP contribution >= 0.6 is 0 Å². The van der Waals surface area contributed by atoms with Gasteiger partial charge in [0.1, 0.15) is 5.82 Å². The van der Waals surface area contributed by atoms with Crippen molar-refractivity contribution in [1.82, 2.24) is 9.97 Å². The second-order valence-electron chi connectivity index (χ2n) is 6.41. The lowest BCUT2D eigenvalue weighted by molar-refractivity contribution is 0.0601. The zero-order chi connectivity index (χ0) is 20.5. The third-order valence-electron chi connectivity index (χ3n) is 4.79. The Morgan fingerprint density at radius 3 is 2.41 bits per heavy atom. The van der Waals surface area contributed by atoms with E-state index in [2.05, 4.69) is 9.97 Å². The van der Waals surface area contributed by atoms with Crippen LogP contribution in [0.1, 0.15) is 10.4 Å². The monoisotopic (exact) mass is 389 g/mol. The number of methoxy groups -OCH3 is 3. The number of esters is 1. The Labute approximate surface area is 167 Å². The van der Waals surface area contributed by atoms with E-state index < -0.39 is 5.97 Å². The van der Waals surface area contributed by atoms with Crippen LogP contribution in [0.4, 0.5) is 5.82 Å². The van der Waals surface area contributed by atoms with E-state index in [4.69, 9.17) is 19.9 Å². The average molecular weight is 389 g/mol. The summed E-state index contributed by atoms with van der Waals surface area (Å²) in [4.78, 5) is 20.9. The number of aromatic nitrogens is 2. The maximum Gasteiger partial charge on any atom is 0.337 e. The number of ether oxygens (including phenoxy) is 3. The van der Waals surface area contributed by atoms with Crippen molar-refractivity contribution in [3.63, 3.8) is 0 Å². The van der Waals surface area contributed by atoms with Crippen molar-refractivity contribution in [3.8, 4) is 22.8 Å². The van der Waals surface area contributed by atoms with Crippen LogP contribution in [0.2, 0.25) is 0 Å². The number of hydrogen-bond donors (Lipinski definition) is 1. The fraction of sp³-hybridized carbons (Fsp3) is 0.136. The Bertz CT molecular complexity index is 1250. The number of hydrogen-bond acceptors (Lipinski definition) is 7. The van der Waals surface area contributed by atoms with Crippen LogP contribution in [-0.2, 0) is 4.74 Å². The number of nitrogen functional groups attached to an aromatic ring is 1. The van der Waals surface area contributed by atoms with E-state index in [1.807, 2.05) is 24.3 Å². The summed E-state index contributed by atoms with van der Waals surface area (Å²) < 4.78 is 15.6. The molecule has 2 aromatic carbocycles. The Hall–Kier alpha value is -3.87. The minimum absolute atomic E-state index is 0.352. The molecule has 7 heteroatoms. The minimum Gasteiger partial charge on any atom is -0.493 e. The molecule has 29 heavy (non-hydrogen) atoms. The van der Waals surface area contributed by atoms with Gasteiger partial charge in [0.25, 0.3) is 0 Å². The van der Waals surface area contributed by atoms with Gasteiger partial charge in [-0.3, -0.25) is 4.98 Å². The van der Waals surface area contributed by atoms with Gasteiger partial charge in [-0.2, -0.15) is 0 Å². The summed E-state index contributed by atoms with van der Waals surface area (Å²) in [7, 11) is 4.52. The third-order valence-corrected chi connectivity index (χ3v) is 4.79. The van der Waals surface area contributed by atoms with Crippen molar-refractivity contribution in [2.75, 3.05) is 27.1 Å². The van der Waals surface area contributed by atoms with Gasteiger partial charge in [0, 0.05) is 28.6 Å². The fourth-order valence-electron chi connectivity index (χ4n) is 3.33. The number of fused-ring (bicyclic) bond motifs is 3. The molecule has 0 spiro atoms. The zero-order valence-electron chi connectivity index (χ0n) is 16.2. The van der Waals surface area contributed by atoms with E-state index in [-0.39, 0.29) is 0 Å². The second kappa shape index (κ2) is 7.27. The van der Waals surface area contributed by atoms with Gasteiger partial charge >= 0.3 is 5.97 Å². The fourth-order valence-corrected chi connectivity index (χ4v) is 3.33. The highest BCUT2D eigenvalue weighted by molar-refractivity contribution is 6.10. The molecule has 0 unspecified atom stereocenters. The largest absolute Gasteiger partial charge is 0.493 e. The predicted octanol–water partition coefficient (Wildman–Crippen LogP) is 3.84. The van der Waals surface area contributed by atoms with E-state index >= 15 is 0 Å². The first-order valence-electron chi connectivity index (χ1n) is 8.85. The number of benzene rings is 2. The molecule has 0 aliphatic rings. The van der Waals surface area contributed by atoms with E-state index in [9.17, 15) is 4.79 Å². The standard InChI is InChI=1S/C22H19N3O4/c1-27-19-9-15-14-8-17(12-5-4-6-13(7-12)22(26)29-3)25-21(23)16(14)11-24-18(15)10-20(19)28-2/h4-11H,1-3H3,(H2,23,25). The van der Waals surface area contributed by atoms with Crippen LogP contribution in [0, 0.1) is 0 Å². The Morgan fingerprint density at radius 1 is 0.931 bits per heavy atom. The number of rotatable bonds is 4. The molecule has 0 atom stereocenters. The zero-order valence-corrected chi connectivity index (χ0v) is 16.2. The molecular weight excluding hydrogens is 370 g/mol. The topological polar surface area (TPSA) is 96.6 Å². The number of carbonyl (C=O) groups is 1. The molecule has 146 valence electrons. The van der Waals surface area contributed by atoms with E-state index in [1.54, 1.807) is 38.6 Å². The van der Waals surface area contributed by atoms with Gasteiger partial charge in [-0.1, -0.05) is 12.1 Å². The predicted molar refractivity (Wildman–Crippen MR) is 111 cm³/mol. The molecule has 2 aromatic heterocycles. The molecule has 7 nitrogen and oxygen atoms in total. The summed E-state index contributed by atoms with van der Waals surface area (Å²) >= 11 is 0. The third kappa shape index (κ3) is 3.16. The van der Waals surface area contributed by atoms with E-state index in [0.717, 1.165) is 27.2 Å². The molecule has 0 saturated carbocycles. The van der Waals surface area contributed by atoms with Crippen molar-refractivity contribution < 1.29 is 19.0 Å². The number of pyridine rings is 2. The lowest BCUT2D eigenvalue weighted by atomic mass is 10.0. The SMILES string of the molecule is COC(=O)c1cccc(-c2cc3c(cnc4cc(OC)c(OC)cc43)c(N)n2)c1. The lowest BCUT2D eigenvalue weighted by Gasteiger charge is -2.12. The van der Waals surface area contributed by atoms with Crippen LogP contribution in [0.15, 0.2) is 48.7 Å². The van der Waals surface area contributed by atoms with Crippen molar-refractivity contribution in [2.24, 2.45) is 0 Å². The highest BCUT2D eigenvalue weighted by Crippen LogP contribution is 2.37. The molecule has 0 amide bonds. The maximum absolute atomic E-state index is 11.9. The smallest absolute Gasteiger partial charge is 0.337 e. The van der Waals surface area contributed by atoms with Gasteiger partial charge in [0.05, 0.1) is 38.1 Å². The molecule has 0 fully saturated rings. The van der Waals surface area contributed by atoms with Gasteiger partial charge in [0.15, 0.2) is 11.5 Å². The van der Waals surface area contributed by atoms with Crippen LogP contribution < -0.4 is 15.2 Å². The molecule has 0 aliphatic heterocycles. The first kappa shape index (κ1) is 18.5. The molecule has 4 aromatic rings. The number of nitrogens with two attached hydrogens (primary N) is 1. The Balaban J connectivity index is 1.98. The van der Waals surface area contributed by atoms with Crippen LogP contribution in [0.5, 0.6) is 11.5 Å². The van der Waals surface area contributed by atoms with Crippen LogP contribution in [0.25, 0.3) is 32.9 Å². The van der Waals surface area contributed by atoms with Gasteiger partial charge in [0.2, 0.25) is 0 Å². The van der Waals surface area contributed by atoms with Gasteiger partial charge in [-0.25, -0.2) is 9.78 Å². The van der Waals surface area contributed by atoms with Gasteiger partial charge in [-0.15, -0.1) is 0 Å². The number of carbonyl (C=O) groups excluding carboxylic acids is 1.